The highest BCUT2D eigenvalue weighted by molar-refractivity contribution is 5.69. The zero-order valence-electron chi connectivity index (χ0n) is 10.3. The molecule has 1 amide bonds. The minimum atomic E-state index is -0.497. The number of rotatable bonds is 2. The van der Waals surface area contributed by atoms with Gasteiger partial charge in [-0.1, -0.05) is 6.08 Å². The van der Waals surface area contributed by atoms with Crippen LogP contribution < -0.4 is 0 Å². The lowest BCUT2D eigenvalue weighted by Crippen LogP contribution is -2.42. The van der Waals surface area contributed by atoms with Crippen LogP contribution in [0.25, 0.3) is 0 Å². The van der Waals surface area contributed by atoms with Gasteiger partial charge in [-0.25, -0.2) is 4.79 Å². The van der Waals surface area contributed by atoms with Crippen LogP contribution in [0.2, 0.25) is 0 Å². The third kappa shape index (κ3) is 3.23. The fourth-order valence-electron chi connectivity index (χ4n) is 1.84. The number of hydrogen-bond donors (Lipinski definition) is 1. The van der Waals surface area contributed by atoms with Gasteiger partial charge in [0.2, 0.25) is 0 Å². The summed E-state index contributed by atoms with van der Waals surface area (Å²) in [6.07, 6.45) is 2.11. The van der Waals surface area contributed by atoms with Gasteiger partial charge in [-0.05, 0) is 33.6 Å². The molecule has 0 aromatic carbocycles. The standard InChI is InChI=1S/C12H21NO3/c1-5-6-9-10(14)7-8-13(9)11(15)16-12(2,3)4/h5,9-10,14H,1,6-8H2,2-4H3/t9-,10+/m1/s1. The van der Waals surface area contributed by atoms with E-state index in [0.29, 0.717) is 19.4 Å². The molecule has 16 heavy (non-hydrogen) atoms. The van der Waals surface area contributed by atoms with Crippen molar-refractivity contribution in [3.05, 3.63) is 12.7 Å². The van der Waals surface area contributed by atoms with E-state index in [9.17, 15) is 9.90 Å². The number of aliphatic hydroxyl groups is 1. The third-order valence-electron chi connectivity index (χ3n) is 2.55. The molecule has 1 saturated heterocycles. The van der Waals surface area contributed by atoms with Gasteiger partial charge in [0, 0.05) is 6.54 Å². The second kappa shape index (κ2) is 4.87. The molecule has 0 aromatic heterocycles. The molecule has 0 saturated carbocycles. The first-order valence-electron chi connectivity index (χ1n) is 5.63. The van der Waals surface area contributed by atoms with E-state index < -0.39 is 11.7 Å². The van der Waals surface area contributed by atoms with Crippen LogP contribution in [-0.2, 0) is 4.74 Å². The van der Waals surface area contributed by atoms with Gasteiger partial charge in [0.15, 0.2) is 0 Å². The predicted octanol–water partition coefficient (Wildman–Crippen LogP) is 1.93. The highest BCUT2D eigenvalue weighted by Gasteiger charge is 2.37. The van der Waals surface area contributed by atoms with Gasteiger partial charge in [-0.15, -0.1) is 6.58 Å². The fourth-order valence-corrected chi connectivity index (χ4v) is 1.84. The van der Waals surface area contributed by atoms with Gasteiger partial charge in [0.05, 0.1) is 12.1 Å². The van der Waals surface area contributed by atoms with Crippen molar-refractivity contribution in [2.24, 2.45) is 0 Å². The maximum absolute atomic E-state index is 11.9. The number of likely N-dealkylation sites (tertiary alicyclic amines) is 1. The molecule has 4 heteroatoms. The molecule has 1 aliphatic heterocycles. The quantitative estimate of drug-likeness (QED) is 0.733. The number of hydrogen-bond acceptors (Lipinski definition) is 3. The van der Waals surface area contributed by atoms with Crippen LogP contribution >= 0.6 is 0 Å². The van der Waals surface area contributed by atoms with E-state index in [2.05, 4.69) is 6.58 Å². The first kappa shape index (κ1) is 13.0. The SMILES string of the molecule is C=CC[C@@H]1[C@@H](O)CCN1C(=O)OC(C)(C)C. The maximum atomic E-state index is 11.9. The van der Waals surface area contributed by atoms with Crippen LogP contribution in [0.5, 0.6) is 0 Å². The van der Waals surface area contributed by atoms with Gasteiger partial charge in [-0.2, -0.15) is 0 Å². The largest absolute Gasteiger partial charge is 0.444 e. The molecule has 0 aliphatic carbocycles. The van der Waals surface area contributed by atoms with E-state index in [1.807, 2.05) is 20.8 Å². The smallest absolute Gasteiger partial charge is 0.410 e. The second-order valence-corrected chi connectivity index (χ2v) is 5.12. The second-order valence-electron chi connectivity index (χ2n) is 5.12. The Kier molecular flexibility index (Phi) is 3.97. The summed E-state index contributed by atoms with van der Waals surface area (Å²) in [7, 11) is 0. The van der Waals surface area contributed by atoms with Crippen LogP contribution in [0.1, 0.15) is 33.6 Å². The van der Waals surface area contributed by atoms with Gasteiger partial charge in [0.25, 0.3) is 0 Å². The zero-order valence-corrected chi connectivity index (χ0v) is 10.3. The summed E-state index contributed by atoms with van der Waals surface area (Å²) in [4.78, 5) is 13.4. The first-order chi connectivity index (χ1) is 7.35. The highest BCUT2D eigenvalue weighted by Crippen LogP contribution is 2.23. The van der Waals surface area contributed by atoms with Crippen LogP contribution in [-0.4, -0.2) is 40.4 Å². The van der Waals surface area contributed by atoms with Crippen LogP contribution in [0.15, 0.2) is 12.7 Å². The van der Waals surface area contributed by atoms with Crippen molar-refractivity contribution in [3.8, 4) is 0 Å². The Hall–Kier alpha value is -1.03. The lowest BCUT2D eigenvalue weighted by molar-refractivity contribution is 0.0159. The summed E-state index contributed by atoms with van der Waals surface area (Å²) in [6, 6.07) is -0.188. The predicted molar refractivity (Wildman–Crippen MR) is 62.2 cm³/mol. The van der Waals surface area contributed by atoms with E-state index in [0.717, 1.165) is 0 Å². The molecule has 0 radical (unpaired) electrons. The minimum absolute atomic E-state index is 0.188. The van der Waals surface area contributed by atoms with Crippen molar-refractivity contribution in [1.82, 2.24) is 4.90 Å². The molecule has 92 valence electrons. The molecule has 1 heterocycles. The van der Waals surface area contributed by atoms with E-state index in [1.165, 1.54) is 0 Å². The van der Waals surface area contributed by atoms with Gasteiger partial charge >= 0.3 is 6.09 Å². The minimum Gasteiger partial charge on any atom is -0.444 e. The Morgan fingerprint density at radius 2 is 2.25 bits per heavy atom. The molecule has 2 atom stereocenters. The molecule has 1 fully saturated rings. The average Bonchev–Trinajstić information content (AvgIpc) is 2.46. The van der Waals surface area contributed by atoms with Crippen LogP contribution in [0.3, 0.4) is 0 Å². The lowest BCUT2D eigenvalue weighted by Gasteiger charge is -2.28. The van der Waals surface area contributed by atoms with Crippen molar-refractivity contribution in [2.45, 2.75) is 51.4 Å². The summed E-state index contributed by atoms with van der Waals surface area (Å²) >= 11 is 0. The van der Waals surface area contributed by atoms with E-state index in [4.69, 9.17) is 4.74 Å². The van der Waals surface area contributed by atoms with Crippen molar-refractivity contribution in [2.75, 3.05) is 6.54 Å². The zero-order chi connectivity index (χ0) is 12.3. The molecule has 1 rings (SSSR count). The van der Waals surface area contributed by atoms with E-state index >= 15 is 0 Å². The highest BCUT2D eigenvalue weighted by atomic mass is 16.6. The Labute approximate surface area is 96.9 Å². The van der Waals surface area contributed by atoms with Crippen molar-refractivity contribution in [1.29, 1.82) is 0 Å². The monoisotopic (exact) mass is 227 g/mol. The van der Waals surface area contributed by atoms with Crippen molar-refractivity contribution in [3.63, 3.8) is 0 Å². The molecule has 0 spiro atoms. The Morgan fingerprint density at radius 1 is 1.62 bits per heavy atom. The summed E-state index contributed by atoms with van der Waals surface area (Å²) in [6.45, 7) is 9.69. The molecule has 0 bridgehead atoms. The van der Waals surface area contributed by atoms with Gasteiger partial charge < -0.3 is 14.7 Å². The number of carbonyl (C=O) groups is 1. The molecular formula is C12H21NO3. The average molecular weight is 227 g/mol. The Balaban J connectivity index is 2.64. The number of aliphatic hydroxyl groups excluding tert-OH is 1. The van der Waals surface area contributed by atoms with E-state index in [1.54, 1.807) is 11.0 Å². The lowest BCUT2D eigenvalue weighted by atomic mass is 10.1. The number of ether oxygens (including phenoxy) is 1. The molecule has 0 unspecified atom stereocenters. The van der Waals surface area contributed by atoms with Crippen molar-refractivity contribution >= 4 is 6.09 Å². The Bertz CT molecular complexity index is 270. The topological polar surface area (TPSA) is 49.8 Å². The van der Waals surface area contributed by atoms with Crippen LogP contribution in [0, 0.1) is 0 Å². The number of nitrogens with zero attached hydrogens (tertiary/aromatic N) is 1. The molecule has 0 aromatic rings. The van der Waals surface area contributed by atoms with Gasteiger partial charge in [0.1, 0.15) is 5.60 Å². The molecular weight excluding hydrogens is 206 g/mol. The van der Waals surface area contributed by atoms with Crippen molar-refractivity contribution < 1.29 is 14.6 Å². The third-order valence-corrected chi connectivity index (χ3v) is 2.55. The summed E-state index contributed by atoms with van der Waals surface area (Å²) in [5, 5.41) is 9.74. The molecule has 4 nitrogen and oxygen atoms in total. The first-order valence-corrected chi connectivity index (χ1v) is 5.63. The van der Waals surface area contributed by atoms with Crippen LogP contribution in [0.4, 0.5) is 4.79 Å². The number of carbonyl (C=O) groups excluding carboxylic acids is 1. The summed E-state index contributed by atoms with van der Waals surface area (Å²) in [5.74, 6) is 0. The van der Waals surface area contributed by atoms with Gasteiger partial charge in [-0.3, -0.25) is 0 Å². The number of amides is 1. The molecule has 1 N–H and O–H groups in total. The van der Waals surface area contributed by atoms with E-state index in [-0.39, 0.29) is 12.1 Å². The summed E-state index contributed by atoms with van der Waals surface area (Å²) in [5.41, 5.74) is -0.497. The normalized spacial score (nSPS) is 25.6. The maximum Gasteiger partial charge on any atom is 0.410 e. The summed E-state index contributed by atoms with van der Waals surface area (Å²) < 4.78 is 5.29. The fraction of sp³-hybridized carbons (Fsp3) is 0.750. The Morgan fingerprint density at radius 3 is 2.75 bits per heavy atom. The molecule has 1 aliphatic rings.